The summed E-state index contributed by atoms with van der Waals surface area (Å²) in [6.07, 6.45) is 7.33. The largest absolute Gasteiger partial charge is 0.495 e. The van der Waals surface area contributed by atoms with Gasteiger partial charge in [-0.1, -0.05) is 37.6 Å². The Bertz CT molecular complexity index is 2100. The Morgan fingerprint density at radius 3 is 2.58 bits per heavy atom. The molecule has 0 unspecified atom stereocenters. The van der Waals surface area contributed by atoms with Crippen molar-refractivity contribution < 1.29 is 32.3 Å². The van der Waals surface area contributed by atoms with Gasteiger partial charge in [0.1, 0.15) is 38.9 Å². The van der Waals surface area contributed by atoms with Crippen molar-refractivity contribution in [2.24, 2.45) is 17.8 Å². The fourth-order valence-corrected chi connectivity index (χ4v) is 9.95. The van der Waals surface area contributed by atoms with Gasteiger partial charge in [0.2, 0.25) is 21.8 Å². The van der Waals surface area contributed by atoms with E-state index in [0.717, 1.165) is 25.0 Å². The van der Waals surface area contributed by atoms with Gasteiger partial charge in [0.05, 0.1) is 34.9 Å². The number of carbonyl (C=O) groups is 3. The minimum atomic E-state index is -3.94. The molecule has 5 atom stereocenters. The Balaban J connectivity index is 1.21. The summed E-state index contributed by atoms with van der Waals surface area (Å²) >= 11 is 8.27. The predicted molar refractivity (Wildman–Crippen MR) is 203 cm³/mol. The van der Waals surface area contributed by atoms with E-state index >= 15 is 0 Å². The Hall–Kier alpha value is -3.75. The number of sulfonamides is 1. The van der Waals surface area contributed by atoms with Gasteiger partial charge in [-0.05, 0) is 76.3 Å². The second kappa shape index (κ2) is 14.2. The van der Waals surface area contributed by atoms with Crippen LogP contribution in [0.1, 0.15) is 83.7 Å². The number of rotatable bonds is 8. The summed E-state index contributed by atoms with van der Waals surface area (Å²) in [6.45, 7) is 6.30. The van der Waals surface area contributed by atoms with Gasteiger partial charge in [0, 0.05) is 36.3 Å². The molecule has 7 rings (SSSR count). The van der Waals surface area contributed by atoms with Crippen LogP contribution in [0.15, 0.2) is 35.7 Å². The molecule has 284 valence electrons. The first-order chi connectivity index (χ1) is 25.2. The molecule has 2 N–H and O–H groups in total. The van der Waals surface area contributed by atoms with Crippen LogP contribution in [0, 0.1) is 17.8 Å². The molecule has 53 heavy (non-hydrogen) atoms. The maximum absolute atomic E-state index is 14.3. The number of allylic oxidation sites excluding steroid dienone is 1. The normalized spacial score (nSPS) is 27.7. The number of amides is 3. The number of ether oxygens (including phenoxy) is 2. The summed E-state index contributed by atoms with van der Waals surface area (Å²) in [4.78, 5) is 53.5. The van der Waals surface area contributed by atoms with Gasteiger partial charge in [-0.3, -0.25) is 19.1 Å². The first-order valence-corrected chi connectivity index (χ1v) is 21.0. The summed E-state index contributed by atoms with van der Waals surface area (Å²) in [5, 5.41) is 6.62. The molecule has 3 aromatic rings. The third-order valence-electron chi connectivity index (χ3n) is 11.3. The monoisotopic (exact) mass is 783 g/mol. The molecule has 3 heterocycles. The van der Waals surface area contributed by atoms with Gasteiger partial charge in [-0.15, -0.1) is 11.3 Å². The second-order valence-electron chi connectivity index (χ2n) is 15.5. The molecule has 1 aromatic carbocycles. The van der Waals surface area contributed by atoms with E-state index in [1.54, 1.807) is 24.9 Å². The fourth-order valence-electron chi connectivity index (χ4n) is 7.41. The highest BCUT2D eigenvalue weighted by molar-refractivity contribution is 7.91. The van der Waals surface area contributed by atoms with Crippen molar-refractivity contribution in [3.8, 4) is 22.2 Å². The molecule has 3 amide bonds. The van der Waals surface area contributed by atoms with Gasteiger partial charge >= 0.3 is 0 Å². The van der Waals surface area contributed by atoms with Gasteiger partial charge < -0.3 is 19.7 Å². The molecule has 0 saturated heterocycles. The number of nitrogens with one attached hydrogen (secondary N) is 2. The highest BCUT2D eigenvalue weighted by atomic mass is 35.5. The average Bonchev–Trinajstić information content (AvgIpc) is 3.89. The van der Waals surface area contributed by atoms with Crippen LogP contribution in [0.3, 0.4) is 0 Å². The summed E-state index contributed by atoms with van der Waals surface area (Å²) in [5.41, 5.74) is 0.556. The maximum Gasteiger partial charge on any atom is 0.259 e. The van der Waals surface area contributed by atoms with Crippen LogP contribution in [0.2, 0.25) is 5.02 Å². The highest BCUT2D eigenvalue weighted by Gasteiger charge is 2.63. The van der Waals surface area contributed by atoms with E-state index in [0.29, 0.717) is 57.5 Å². The zero-order valence-corrected chi connectivity index (χ0v) is 33.0. The quantitative estimate of drug-likeness (QED) is 0.262. The van der Waals surface area contributed by atoms with Crippen molar-refractivity contribution in [2.45, 2.75) is 94.4 Å². The van der Waals surface area contributed by atoms with Crippen molar-refractivity contribution in [2.75, 3.05) is 20.7 Å². The van der Waals surface area contributed by atoms with E-state index in [-0.39, 0.29) is 37.0 Å². The SMILES string of the molecule is COc1ccc2c(O[C@@H]3C[C@H]4C(=O)N[C@]5(C(=O)NS(=O)(=O)C6(C)CC6)C[C@@H]5/C=C\CCCCN(C)C(=O)[C@@H]4C3)cc(-c3nc(C(C)C)cs3)nc2c1Cl. The molecule has 0 radical (unpaired) electrons. The maximum atomic E-state index is 14.3. The molecule has 1 aliphatic heterocycles. The Morgan fingerprint density at radius 2 is 1.89 bits per heavy atom. The number of methoxy groups -OCH3 is 1. The van der Waals surface area contributed by atoms with Crippen molar-refractivity contribution >= 4 is 61.6 Å². The van der Waals surface area contributed by atoms with Gasteiger partial charge in [0.25, 0.3) is 5.91 Å². The van der Waals surface area contributed by atoms with E-state index in [1.165, 1.54) is 18.4 Å². The molecular formula is C38H46ClN5O7S2. The van der Waals surface area contributed by atoms with Crippen molar-refractivity contribution in [3.63, 3.8) is 0 Å². The molecule has 3 aliphatic carbocycles. The fraction of sp³-hybridized carbons (Fsp3) is 0.553. The number of nitrogens with zero attached hydrogens (tertiary/aromatic N) is 3. The highest BCUT2D eigenvalue weighted by Crippen LogP contribution is 2.49. The van der Waals surface area contributed by atoms with Crippen molar-refractivity contribution in [1.29, 1.82) is 0 Å². The lowest BCUT2D eigenvalue weighted by atomic mass is 9.93. The van der Waals surface area contributed by atoms with Crippen LogP contribution in [-0.4, -0.2) is 78.1 Å². The number of halogens is 1. The van der Waals surface area contributed by atoms with Gasteiger partial charge in [0.15, 0.2) is 0 Å². The van der Waals surface area contributed by atoms with Crippen LogP contribution < -0.4 is 19.5 Å². The zero-order valence-electron chi connectivity index (χ0n) is 30.6. The van der Waals surface area contributed by atoms with Crippen LogP contribution in [0.4, 0.5) is 0 Å². The van der Waals surface area contributed by atoms with E-state index in [4.69, 9.17) is 31.0 Å². The third kappa shape index (κ3) is 7.14. The molecule has 3 fully saturated rings. The predicted octanol–water partition coefficient (Wildman–Crippen LogP) is 5.99. The molecule has 2 aromatic heterocycles. The minimum Gasteiger partial charge on any atom is -0.495 e. The van der Waals surface area contributed by atoms with Crippen LogP contribution in [-0.2, 0) is 24.4 Å². The molecule has 0 bridgehead atoms. The first-order valence-electron chi connectivity index (χ1n) is 18.3. The summed E-state index contributed by atoms with van der Waals surface area (Å²) in [5.74, 6) is -2.14. The number of benzene rings is 1. The van der Waals surface area contributed by atoms with E-state index in [9.17, 15) is 22.8 Å². The van der Waals surface area contributed by atoms with Crippen LogP contribution in [0.25, 0.3) is 21.6 Å². The second-order valence-corrected chi connectivity index (χ2v) is 18.9. The number of fused-ring (bicyclic) bond motifs is 3. The zero-order chi connectivity index (χ0) is 37.9. The number of pyridine rings is 1. The molecule has 4 aliphatic rings. The van der Waals surface area contributed by atoms with Crippen molar-refractivity contribution in [1.82, 2.24) is 24.9 Å². The molecule has 3 saturated carbocycles. The van der Waals surface area contributed by atoms with Crippen molar-refractivity contribution in [3.05, 3.63) is 46.4 Å². The number of hydrogen-bond donors (Lipinski definition) is 2. The lowest BCUT2D eigenvalue weighted by Gasteiger charge is -2.27. The smallest absolute Gasteiger partial charge is 0.259 e. The average molecular weight is 784 g/mol. The summed E-state index contributed by atoms with van der Waals surface area (Å²) in [6, 6.07) is 5.39. The number of hydrogen-bond acceptors (Lipinski definition) is 10. The lowest BCUT2D eigenvalue weighted by molar-refractivity contribution is -0.140. The molecular weight excluding hydrogens is 738 g/mol. The van der Waals surface area contributed by atoms with Gasteiger partial charge in [-0.25, -0.2) is 18.4 Å². The first kappa shape index (κ1) is 37.6. The Kier molecular flexibility index (Phi) is 10.0. The summed E-state index contributed by atoms with van der Waals surface area (Å²) < 4.78 is 39.7. The minimum absolute atomic E-state index is 0.170. The molecule has 0 spiro atoms. The van der Waals surface area contributed by atoms with E-state index < -0.39 is 50.1 Å². The van der Waals surface area contributed by atoms with Crippen LogP contribution in [0.5, 0.6) is 11.5 Å². The standard InChI is InChI=1S/C38H46ClN5O7S2/c1-21(2)28-20-52-34(41-28)27-18-30(24-11-12-29(50-5)31(39)32(24)40-27)51-23-16-25-26(17-23)35(46)44(4)15-9-7-6-8-10-22-19-38(22,42-33(25)45)36(47)43-53(48,49)37(3)13-14-37/h8,10-12,18,20-23,25-26H,6-7,9,13-17,19H2,1-5H3,(H,42,45)(H,43,47)/b10-8-/t22-,23+,25+,26+,38+/m0/s1. The van der Waals surface area contributed by atoms with Crippen LogP contribution >= 0.6 is 22.9 Å². The Labute approximate surface area is 319 Å². The molecule has 15 heteroatoms. The lowest BCUT2D eigenvalue weighted by Crippen LogP contribution is -2.55. The summed E-state index contributed by atoms with van der Waals surface area (Å²) in [7, 11) is -0.652. The third-order valence-corrected chi connectivity index (χ3v) is 14.7. The van der Waals surface area contributed by atoms with Gasteiger partial charge in [-0.2, -0.15) is 0 Å². The number of thiazole rings is 1. The topological polar surface area (TPSA) is 157 Å². The van der Waals surface area contributed by atoms with E-state index in [2.05, 4.69) is 23.9 Å². The van der Waals surface area contributed by atoms with E-state index in [1.807, 2.05) is 29.7 Å². The molecule has 12 nitrogen and oxygen atoms in total. The number of aromatic nitrogens is 2. The number of carbonyl (C=O) groups excluding carboxylic acids is 3. The Morgan fingerprint density at radius 1 is 1.13 bits per heavy atom.